The van der Waals surface area contributed by atoms with Gasteiger partial charge in [-0.1, -0.05) is 12.1 Å². The van der Waals surface area contributed by atoms with E-state index in [1.54, 1.807) is 31.5 Å². The molecule has 0 saturated carbocycles. The van der Waals surface area contributed by atoms with Gasteiger partial charge in [-0.15, -0.1) is 0 Å². The number of carbonyl (C=O) groups is 2. The van der Waals surface area contributed by atoms with E-state index in [1.807, 2.05) is 17.0 Å². The Morgan fingerprint density at radius 3 is 2.59 bits per heavy atom. The zero-order chi connectivity index (χ0) is 22.5. The van der Waals surface area contributed by atoms with Crippen LogP contribution in [0.15, 0.2) is 55.0 Å². The lowest BCUT2D eigenvalue weighted by molar-refractivity contribution is -0.131. The molecule has 1 aliphatic heterocycles. The van der Waals surface area contributed by atoms with Gasteiger partial charge in [0.2, 0.25) is 5.91 Å². The number of halogens is 1. The summed E-state index contributed by atoms with van der Waals surface area (Å²) in [4.78, 5) is 40.2. The quantitative estimate of drug-likeness (QED) is 0.645. The smallest absolute Gasteiger partial charge is 0.254 e. The second-order valence-electron chi connectivity index (χ2n) is 7.81. The normalized spacial score (nSPS) is 15.6. The minimum Gasteiger partial charge on any atom is -0.348 e. The van der Waals surface area contributed by atoms with E-state index in [1.165, 1.54) is 18.3 Å². The van der Waals surface area contributed by atoms with Crippen LogP contribution in [0.4, 0.5) is 4.39 Å². The van der Waals surface area contributed by atoms with Gasteiger partial charge in [-0.25, -0.2) is 14.4 Å². The first-order valence-electron chi connectivity index (χ1n) is 10.6. The average Bonchev–Trinajstić information content (AvgIpc) is 3.29. The van der Waals surface area contributed by atoms with Gasteiger partial charge >= 0.3 is 0 Å². The summed E-state index contributed by atoms with van der Waals surface area (Å²) in [6, 6.07) is 9.44. The Labute approximate surface area is 185 Å². The zero-order valence-electron chi connectivity index (χ0n) is 17.8. The Morgan fingerprint density at radius 2 is 1.88 bits per heavy atom. The first-order valence-corrected chi connectivity index (χ1v) is 10.6. The summed E-state index contributed by atoms with van der Waals surface area (Å²) in [7, 11) is 0. The molecule has 7 nitrogen and oxygen atoms in total. The van der Waals surface area contributed by atoms with Gasteiger partial charge in [0.05, 0.1) is 23.7 Å². The summed E-state index contributed by atoms with van der Waals surface area (Å²) < 4.78 is 13.0. The fourth-order valence-corrected chi connectivity index (χ4v) is 3.86. The Bertz CT molecular complexity index is 1110. The van der Waals surface area contributed by atoms with E-state index in [9.17, 15) is 14.0 Å². The van der Waals surface area contributed by atoms with Crippen molar-refractivity contribution in [3.63, 3.8) is 0 Å². The molecule has 4 rings (SSSR count). The van der Waals surface area contributed by atoms with Gasteiger partial charge in [-0.3, -0.25) is 14.6 Å². The predicted octanol–water partition coefficient (Wildman–Crippen LogP) is 3.16. The largest absolute Gasteiger partial charge is 0.348 e. The third-order valence-electron chi connectivity index (χ3n) is 5.58. The summed E-state index contributed by atoms with van der Waals surface area (Å²) in [6.45, 7) is 2.70. The molecule has 2 amide bonds. The van der Waals surface area contributed by atoms with Crippen LogP contribution < -0.4 is 5.32 Å². The number of pyridine rings is 1. The van der Waals surface area contributed by atoms with E-state index in [2.05, 4.69) is 20.3 Å². The second-order valence-corrected chi connectivity index (χ2v) is 7.81. The molecule has 8 heteroatoms. The SMILES string of the molecule is Cc1nc(C2CCCN2C(=O)Cc2ccncc2)ncc1C(=O)NCc1ccc(F)cc1. The summed E-state index contributed by atoms with van der Waals surface area (Å²) in [5, 5.41) is 2.81. The zero-order valence-corrected chi connectivity index (χ0v) is 17.8. The van der Waals surface area contributed by atoms with E-state index in [0.29, 0.717) is 30.0 Å². The van der Waals surface area contributed by atoms with E-state index in [-0.39, 0.29) is 30.2 Å². The first kappa shape index (κ1) is 21.5. The summed E-state index contributed by atoms with van der Waals surface area (Å²) in [6.07, 6.45) is 6.85. The minimum atomic E-state index is -0.319. The maximum Gasteiger partial charge on any atom is 0.254 e. The number of nitrogens with one attached hydrogen (secondary N) is 1. The number of aromatic nitrogens is 3. The molecular weight excluding hydrogens is 409 g/mol. The molecule has 1 unspecified atom stereocenters. The molecular formula is C24H24FN5O2. The molecule has 32 heavy (non-hydrogen) atoms. The van der Waals surface area contributed by atoms with Crippen LogP contribution >= 0.6 is 0 Å². The lowest BCUT2D eigenvalue weighted by atomic mass is 10.1. The molecule has 0 aliphatic carbocycles. The molecule has 2 aromatic heterocycles. The highest BCUT2D eigenvalue weighted by Gasteiger charge is 2.32. The molecule has 3 heterocycles. The Hall–Kier alpha value is -3.68. The van der Waals surface area contributed by atoms with E-state index >= 15 is 0 Å². The van der Waals surface area contributed by atoms with E-state index in [0.717, 1.165) is 24.0 Å². The number of nitrogens with zero attached hydrogens (tertiary/aromatic N) is 4. The minimum absolute atomic E-state index is 0.0288. The number of benzene rings is 1. The van der Waals surface area contributed by atoms with Crippen LogP contribution in [0.1, 0.15) is 51.9 Å². The fourth-order valence-electron chi connectivity index (χ4n) is 3.86. The van der Waals surface area contributed by atoms with Crippen LogP contribution in [0.2, 0.25) is 0 Å². The molecule has 0 spiro atoms. The number of carbonyl (C=O) groups excluding carboxylic acids is 2. The van der Waals surface area contributed by atoms with Gasteiger partial charge in [-0.2, -0.15) is 0 Å². The first-order chi connectivity index (χ1) is 15.5. The molecule has 3 aromatic rings. The van der Waals surface area contributed by atoms with Crippen molar-refractivity contribution in [3.8, 4) is 0 Å². The monoisotopic (exact) mass is 433 g/mol. The van der Waals surface area contributed by atoms with Gasteiger partial charge < -0.3 is 10.2 Å². The highest BCUT2D eigenvalue weighted by molar-refractivity contribution is 5.94. The fraction of sp³-hybridized carbons (Fsp3) is 0.292. The van der Waals surface area contributed by atoms with Gasteiger partial charge in [0.15, 0.2) is 5.82 Å². The second kappa shape index (κ2) is 9.64. The van der Waals surface area contributed by atoms with Crippen molar-refractivity contribution < 1.29 is 14.0 Å². The van der Waals surface area contributed by atoms with Crippen LogP contribution in [0.3, 0.4) is 0 Å². The highest BCUT2D eigenvalue weighted by Crippen LogP contribution is 2.30. The van der Waals surface area contributed by atoms with Crippen LogP contribution in [-0.4, -0.2) is 38.2 Å². The molecule has 1 saturated heterocycles. The Balaban J connectivity index is 1.42. The molecule has 1 fully saturated rings. The predicted molar refractivity (Wildman–Crippen MR) is 116 cm³/mol. The van der Waals surface area contributed by atoms with Crippen molar-refractivity contribution in [2.75, 3.05) is 6.54 Å². The van der Waals surface area contributed by atoms with Crippen molar-refractivity contribution in [2.45, 2.75) is 38.8 Å². The molecule has 1 aliphatic rings. The van der Waals surface area contributed by atoms with Crippen LogP contribution in [0, 0.1) is 12.7 Å². The number of hydrogen-bond donors (Lipinski definition) is 1. The Morgan fingerprint density at radius 1 is 1.12 bits per heavy atom. The van der Waals surface area contributed by atoms with Crippen molar-refractivity contribution in [3.05, 3.63) is 89.0 Å². The van der Waals surface area contributed by atoms with Gasteiger partial charge in [0.1, 0.15) is 5.82 Å². The van der Waals surface area contributed by atoms with Crippen LogP contribution in [0.5, 0.6) is 0 Å². The number of amides is 2. The van der Waals surface area contributed by atoms with Crippen LogP contribution in [0.25, 0.3) is 0 Å². The molecule has 1 aromatic carbocycles. The van der Waals surface area contributed by atoms with Crippen molar-refractivity contribution in [1.29, 1.82) is 0 Å². The molecule has 0 bridgehead atoms. The number of likely N-dealkylation sites (tertiary alicyclic amines) is 1. The molecule has 1 atom stereocenters. The number of aryl methyl sites for hydroxylation is 1. The highest BCUT2D eigenvalue weighted by atomic mass is 19.1. The van der Waals surface area contributed by atoms with E-state index < -0.39 is 0 Å². The van der Waals surface area contributed by atoms with Crippen molar-refractivity contribution in [1.82, 2.24) is 25.2 Å². The molecule has 1 N–H and O–H groups in total. The average molecular weight is 433 g/mol. The Kier molecular flexibility index (Phi) is 6.49. The maximum absolute atomic E-state index is 13.0. The number of hydrogen-bond acceptors (Lipinski definition) is 5. The topological polar surface area (TPSA) is 88.1 Å². The maximum atomic E-state index is 13.0. The molecule has 164 valence electrons. The van der Waals surface area contributed by atoms with E-state index in [4.69, 9.17) is 0 Å². The van der Waals surface area contributed by atoms with Gasteiger partial charge in [-0.05, 0) is 55.2 Å². The molecule has 0 radical (unpaired) electrons. The van der Waals surface area contributed by atoms with Crippen molar-refractivity contribution in [2.24, 2.45) is 0 Å². The van der Waals surface area contributed by atoms with Crippen LogP contribution in [-0.2, 0) is 17.8 Å². The lowest BCUT2D eigenvalue weighted by Gasteiger charge is -2.24. The summed E-state index contributed by atoms with van der Waals surface area (Å²) in [5.74, 6) is -0.0326. The number of rotatable bonds is 6. The van der Waals surface area contributed by atoms with Gasteiger partial charge in [0.25, 0.3) is 5.91 Å². The standard InChI is InChI=1S/C24H24FN5O2/c1-16-20(24(32)28-14-18-4-6-19(25)7-5-18)15-27-23(29-16)21-3-2-12-30(21)22(31)13-17-8-10-26-11-9-17/h4-11,15,21H,2-3,12-14H2,1H3,(H,28,32). The summed E-state index contributed by atoms with van der Waals surface area (Å²) in [5.41, 5.74) is 2.65. The summed E-state index contributed by atoms with van der Waals surface area (Å²) >= 11 is 0. The lowest BCUT2D eigenvalue weighted by Crippen LogP contribution is -2.33. The third kappa shape index (κ3) is 4.96. The third-order valence-corrected chi connectivity index (χ3v) is 5.58. The van der Waals surface area contributed by atoms with Crippen molar-refractivity contribution >= 4 is 11.8 Å². The van der Waals surface area contributed by atoms with Gasteiger partial charge in [0, 0.05) is 31.7 Å².